The first-order valence-corrected chi connectivity index (χ1v) is 7.92. The number of anilines is 1. The Kier molecular flexibility index (Phi) is 5.60. The van der Waals surface area contributed by atoms with Crippen molar-refractivity contribution in [3.63, 3.8) is 0 Å². The van der Waals surface area contributed by atoms with Crippen LogP contribution in [0, 0.1) is 0 Å². The number of alkyl halides is 2. The quantitative estimate of drug-likeness (QED) is 0.749. The van der Waals surface area contributed by atoms with Crippen LogP contribution in [0.1, 0.15) is 10.4 Å². The number of nitrogens with one attached hydrogen (secondary N) is 1. The van der Waals surface area contributed by atoms with Crippen molar-refractivity contribution >= 4 is 29.2 Å². The van der Waals surface area contributed by atoms with Crippen LogP contribution < -0.4 is 19.5 Å². The van der Waals surface area contributed by atoms with Gasteiger partial charge in [-0.25, -0.2) is 4.79 Å². The summed E-state index contributed by atoms with van der Waals surface area (Å²) in [5.41, 5.74) is 0.0865. The lowest BCUT2D eigenvalue weighted by molar-refractivity contribution is -0.119. The van der Waals surface area contributed by atoms with Gasteiger partial charge in [0.15, 0.2) is 18.1 Å². The second-order valence-corrected chi connectivity index (χ2v) is 5.60. The first-order valence-electron chi connectivity index (χ1n) is 7.54. The minimum Gasteiger partial charge on any atom is -0.454 e. The Bertz CT molecular complexity index is 876. The smallest absolute Gasteiger partial charge is 0.387 e. The molecule has 10 heteroatoms. The molecule has 0 unspecified atom stereocenters. The molecule has 0 saturated heterocycles. The second-order valence-electron chi connectivity index (χ2n) is 5.19. The fraction of sp³-hybridized carbons (Fsp3) is 0.176. The molecule has 0 bridgehead atoms. The van der Waals surface area contributed by atoms with Gasteiger partial charge in [0.2, 0.25) is 6.79 Å². The van der Waals surface area contributed by atoms with Gasteiger partial charge in [-0.1, -0.05) is 23.7 Å². The summed E-state index contributed by atoms with van der Waals surface area (Å²) in [6.07, 6.45) is 0. The summed E-state index contributed by atoms with van der Waals surface area (Å²) in [6.45, 7) is -3.71. The third-order valence-electron chi connectivity index (χ3n) is 3.37. The van der Waals surface area contributed by atoms with Gasteiger partial charge in [0.1, 0.15) is 5.75 Å². The summed E-state index contributed by atoms with van der Waals surface area (Å²) in [5.74, 6) is -1.16. The molecular formula is C17H12ClF2NO6. The minimum atomic E-state index is -3.04. The third-order valence-corrected chi connectivity index (χ3v) is 3.66. The average Bonchev–Trinajstić information content (AvgIpc) is 3.10. The van der Waals surface area contributed by atoms with E-state index in [1.54, 1.807) is 0 Å². The maximum absolute atomic E-state index is 12.4. The van der Waals surface area contributed by atoms with Gasteiger partial charge in [0.25, 0.3) is 5.91 Å². The normalized spacial score (nSPS) is 12.0. The largest absolute Gasteiger partial charge is 0.454 e. The molecular weight excluding hydrogens is 388 g/mol. The molecule has 1 N–H and O–H groups in total. The molecule has 0 aromatic heterocycles. The zero-order valence-electron chi connectivity index (χ0n) is 13.5. The number of carbonyl (C=O) groups is 2. The predicted octanol–water partition coefficient (Wildman–Crippen LogP) is 3.47. The van der Waals surface area contributed by atoms with Crippen LogP contribution in [-0.2, 0) is 9.53 Å². The van der Waals surface area contributed by atoms with Crippen LogP contribution in [0.15, 0.2) is 36.4 Å². The number of fused-ring (bicyclic) bond motifs is 1. The number of halogens is 3. The van der Waals surface area contributed by atoms with Gasteiger partial charge in [0, 0.05) is 0 Å². The second kappa shape index (κ2) is 8.09. The molecule has 0 radical (unpaired) electrons. The Balaban J connectivity index is 1.60. The lowest BCUT2D eigenvalue weighted by Crippen LogP contribution is -2.21. The van der Waals surface area contributed by atoms with Crippen molar-refractivity contribution in [1.29, 1.82) is 0 Å². The molecule has 142 valence electrons. The molecule has 0 saturated carbocycles. The SMILES string of the molecule is O=C(COC(=O)c1cc(Cl)c2c(c1)OCO2)Nc1ccccc1OC(F)F. The molecule has 2 aromatic carbocycles. The fourth-order valence-electron chi connectivity index (χ4n) is 2.25. The number of carbonyl (C=O) groups excluding carboxylic acids is 2. The number of rotatable bonds is 6. The number of ether oxygens (including phenoxy) is 4. The summed E-state index contributed by atoms with van der Waals surface area (Å²) in [6, 6.07) is 8.32. The molecule has 0 atom stereocenters. The molecule has 0 aliphatic carbocycles. The van der Waals surface area contributed by atoms with Gasteiger partial charge in [-0.05, 0) is 24.3 Å². The summed E-state index contributed by atoms with van der Waals surface area (Å²) in [5, 5.41) is 2.50. The monoisotopic (exact) mass is 399 g/mol. The molecule has 7 nitrogen and oxygen atoms in total. The van der Waals surface area contributed by atoms with Crippen LogP contribution in [0.4, 0.5) is 14.5 Å². The lowest BCUT2D eigenvalue weighted by Gasteiger charge is -2.12. The van der Waals surface area contributed by atoms with Crippen molar-refractivity contribution in [1.82, 2.24) is 0 Å². The van der Waals surface area contributed by atoms with Gasteiger partial charge < -0.3 is 24.3 Å². The highest BCUT2D eigenvalue weighted by atomic mass is 35.5. The standard InChI is InChI=1S/C17H12ClF2NO6/c18-10-5-9(6-13-15(10)26-8-25-13)16(23)24-7-14(22)21-11-3-1-2-4-12(11)27-17(19)20/h1-6,17H,7-8H2,(H,21,22). The zero-order valence-corrected chi connectivity index (χ0v) is 14.3. The summed E-state index contributed by atoms with van der Waals surface area (Å²) < 4.78 is 44.2. The van der Waals surface area contributed by atoms with Crippen molar-refractivity contribution in [2.24, 2.45) is 0 Å². The molecule has 0 spiro atoms. The molecule has 27 heavy (non-hydrogen) atoms. The van der Waals surface area contributed by atoms with E-state index in [9.17, 15) is 18.4 Å². The number of benzene rings is 2. The fourth-order valence-corrected chi connectivity index (χ4v) is 2.52. The number of para-hydroxylation sites is 2. The Morgan fingerprint density at radius 3 is 2.78 bits per heavy atom. The molecule has 2 aromatic rings. The Hall–Kier alpha value is -3.07. The predicted molar refractivity (Wildman–Crippen MR) is 89.6 cm³/mol. The van der Waals surface area contributed by atoms with Gasteiger partial charge >= 0.3 is 12.6 Å². The molecule has 1 aliphatic rings. The maximum Gasteiger partial charge on any atom is 0.387 e. The molecule has 3 rings (SSSR count). The Morgan fingerprint density at radius 1 is 1.22 bits per heavy atom. The highest BCUT2D eigenvalue weighted by Crippen LogP contribution is 2.39. The molecule has 0 fully saturated rings. The third kappa shape index (κ3) is 4.56. The van der Waals surface area contributed by atoms with E-state index < -0.39 is 25.1 Å². The van der Waals surface area contributed by atoms with Gasteiger partial charge in [-0.15, -0.1) is 0 Å². The summed E-state index contributed by atoms with van der Waals surface area (Å²) >= 11 is 5.98. The van der Waals surface area contributed by atoms with E-state index in [2.05, 4.69) is 10.1 Å². The highest BCUT2D eigenvalue weighted by molar-refractivity contribution is 6.32. The van der Waals surface area contributed by atoms with E-state index in [0.29, 0.717) is 5.75 Å². The van der Waals surface area contributed by atoms with Crippen LogP contribution >= 0.6 is 11.6 Å². The van der Waals surface area contributed by atoms with Crippen LogP contribution in [0.3, 0.4) is 0 Å². The molecule has 1 amide bonds. The van der Waals surface area contributed by atoms with E-state index in [4.69, 9.17) is 25.8 Å². The number of hydrogen-bond donors (Lipinski definition) is 1. The maximum atomic E-state index is 12.4. The van der Waals surface area contributed by atoms with Crippen LogP contribution in [0.5, 0.6) is 17.2 Å². The van der Waals surface area contributed by atoms with E-state index in [-0.39, 0.29) is 34.6 Å². The van der Waals surface area contributed by atoms with E-state index in [0.717, 1.165) is 0 Å². The van der Waals surface area contributed by atoms with Gasteiger partial charge in [-0.3, -0.25) is 4.79 Å². The number of hydrogen-bond acceptors (Lipinski definition) is 6. The minimum absolute atomic E-state index is 0.0178. The van der Waals surface area contributed by atoms with Crippen molar-refractivity contribution in [3.05, 3.63) is 47.0 Å². The molecule has 1 heterocycles. The first kappa shape index (κ1) is 18.7. The van der Waals surface area contributed by atoms with Gasteiger partial charge in [-0.2, -0.15) is 8.78 Å². The van der Waals surface area contributed by atoms with Crippen molar-refractivity contribution in [2.75, 3.05) is 18.7 Å². The van der Waals surface area contributed by atoms with Crippen molar-refractivity contribution in [2.45, 2.75) is 6.61 Å². The number of amides is 1. The van der Waals surface area contributed by atoms with Crippen LogP contribution in [-0.4, -0.2) is 31.9 Å². The van der Waals surface area contributed by atoms with Crippen LogP contribution in [0.2, 0.25) is 5.02 Å². The highest BCUT2D eigenvalue weighted by Gasteiger charge is 2.22. The Labute approximate surface area is 156 Å². The topological polar surface area (TPSA) is 83.1 Å². The molecule has 1 aliphatic heterocycles. The number of esters is 1. The van der Waals surface area contributed by atoms with Gasteiger partial charge in [0.05, 0.1) is 16.3 Å². The van der Waals surface area contributed by atoms with Crippen LogP contribution in [0.25, 0.3) is 0 Å². The Morgan fingerprint density at radius 2 is 2.00 bits per heavy atom. The first-order chi connectivity index (χ1) is 12.9. The zero-order chi connectivity index (χ0) is 19.4. The average molecular weight is 400 g/mol. The van der Waals surface area contributed by atoms with Crippen molar-refractivity contribution < 1.29 is 37.3 Å². The van der Waals surface area contributed by atoms with Crippen molar-refractivity contribution in [3.8, 4) is 17.2 Å². The van der Waals surface area contributed by atoms with E-state index >= 15 is 0 Å². The summed E-state index contributed by atoms with van der Waals surface area (Å²) in [7, 11) is 0. The summed E-state index contributed by atoms with van der Waals surface area (Å²) in [4.78, 5) is 24.0. The lowest BCUT2D eigenvalue weighted by atomic mass is 10.2. The van der Waals surface area contributed by atoms with E-state index in [1.807, 2.05) is 0 Å². The van der Waals surface area contributed by atoms with E-state index in [1.165, 1.54) is 36.4 Å².